The van der Waals surface area contributed by atoms with E-state index in [9.17, 15) is 13.2 Å². The number of ether oxygens (including phenoxy) is 3. The lowest BCUT2D eigenvalue weighted by molar-refractivity contribution is -0.149. The van der Waals surface area contributed by atoms with Crippen molar-refractivity contribution < 1.29 is 27.4 Å². The molecule has 2 aliphatic rings. The molecule has 0 spiro atoms. The molecule has 0 saturated carbocycles. The van der Waals surface area contributed by atoms with Crippen LogP contribution in [0, 0.1) is 17.2 Å². The summed E-state index contributed by atoms with van der Waals surface area (Å²) in [5.41, 5.74) is 0. The van der Waals surface area contributed by atoms with Gasteiger partial charge in [-0.2, -0.15) is 9.57 Å². The van der Waals surface area contributed by atoms with Crippen LogP contribution in [0.2, 0.25) is 0 Å². The molecular weight excluding hydrogens is 384 g/mol. The number of nitrogens with zero attached hydrogens (tertiary/aromatic N) is 2. The summed E-state index contributed by atoms with van der Waals surface area (Å²) in [6.45, 7) is 1.77. The first-order valence-electron chi connectivity index (χ1n) is 9.46. The van der Waals surface area contributed by atoms with Gasteiger partial charge in [-0.05, 0) is 31.4 Å². The molecule has 1 aromatic rings. The molecule has 152 valence electrons. The largest absolute Gasteiger partial charge is 0.490 e. The number of rotatable bonds is 6. The zero-order chi connectivity index (χ0) is 20.0. The first-order valence-corrected chi connectivity index (χ1v) is 10.9. The van der Waals surface area contributed by atoms with Gasteiger partial charge in [-0.1, -0.05) is 0 Å². The summed E-state index contributed by atoms with van der Waals surface area (Å²) in [5.74, 6) is 0.367. The van der Waals surface area contributed by atoms with E-state index in [1.165, 1.54) is 16.4 Å². The number of fused-ring (bicyclic) bond motifs is 1. The van der Waals surface area contributed by atoms with E-state index in [2.05, 4.69) is 0 Å². The van der Waals surface area contributed by atoms with Crippen molar-refractivity contribution in [2.45, 2.75) is 37.0 Å². The minimum Gasteiger partial charge on any atom is -0.490 e. The zero-order valence-electron chi connectivity index (χ0n) is 15.6. The molecular formula is C19H24N2O6S. The molecule has 1 fully saturated rings. The van der Waals surface area contributed by atoms with Crippen LogP contribution in [0.25, 0.3) is 0 Å². The summed E-state index contributed by atoms with van der Waals surface area (Å²) >= 11 is 0. The number of carbonyl (C=O) groups is 1. The second-order valence-corrected chi connectivity index (χ2v) is 8.70. The number of esters is 1. The normalized spacial score (nSPS) is 18.1. The third-order valence-electron chi connectivity index (χ3n) is 4.82. The van der Waals surface area contributed by atoms with E-state index in [1.54, 1.807) is 6.07 Å². The maximum absolute atomic E-state index is 13.0. The van der Waals surface area contributed by atoms with Crippen LogP contribution in [0.3, 0.4) is 0 Å². The number of benzene rings is 1. The van der Waals surface area contributed by atoms with Crippen molar-refractivity contribution in [2.75, 3.05) is 32.9 Å². The van der Waals surface area contributed by atoms with Crippen molar-refractivity contribution in [2.24, 2.45) is 5.92 Å². The number of nitriles is 1. The second kappa shape index (κ2) is 9.26. The van der Waals surface area contributed by atoms with Crippen molar-refractivity contribution in [3.05, 3.63) is 18.2 Å². The molecule has 3 rings (SSSR count). The van der Waals surface area contributed by atoms with Crippen molar-refractivity contribution in [3.63, 3.8) is 0 Å². The van der Waals surface area contributed by atoms with Crippen LogP contribution < -0.4 is 9.47 Å². The molecule has 0 atom stereocenters. The topological polar surface area (TPSA) is 106 Å². The molecule has 1 saturated heterocycles. The second-order valence-electron chi connectivity index (χ2n) is 6.77. The molecule has 2 aliphatic heterocycles. The Morgan fingerprint density at radius 3 is 2.64 bits per heavy atom. The Labute approximate surface area is 165 Å². The number of unbranched alkanes of at least 4 members (excludes halogenated alkanes) is 1. The number of carbonyl (C=O) groups excluding carboxylic acids is 1. The highest BCUT2D eigenvalue weighted by Crippen LogP contribution is 2.33. The highest BCUT2D eigenvalue weighted by Gasteiger charge is 2.33. The van der Waals surface area contributed by atoms with Gasteiger partial charge < -0.3 is 14.2 Å². The monoisotopic (exact) mass is 408 g/mol. The van der Waals surface area contributed by atoms with E-state index in [0.29, 0.717) is 50.4 Å². The average molecular weight is 408 g/mol. The van der Waals surface area contributed by atoms with Crippen LogP contribution >= 0.6 is 0 Å². The fraction of sp³-hybridized carbons (Fsp3) is 0.579. The van der Waals surface area contributed by atoms with Gasteiger partial charge in [0.2, 0.25) is 10.0 Å². The third kappa shape index (κ3) is 4.75. The summed E-state index contributed by atoms with van der Waals surface area (Å²) in [5, 5.41) is 8.49. The van der Waals surface area contributed by atoms with Crippen LogP contribution in [0.4, 0.5) is 0 Å². The molecule has 9 heteroatoms. The summed E-state index contributed by atoms with van der Waals surface area (Å²) in [6.07, 6.45) is 2.44. The van der Waals surface area contributed by atoms with E-state index >= 15 is 0 Å². The SMILES string of the molecule is N#CCCCOC(=O)C1CCN(S(=O)(=O)c2ccc3c(c2)OCCCO3)CC1. The Bertz CT molecular complexity index is 840. The van der Waals surface area contributed by atoms with Gasteiger partial charge in [-0.15, -0.1) is 0 Å². The molecule has 0 aromatic heterocycles. The van der Waals surface area contributed by atoms with Gasteiger partial charge >= 0.3 is 5.97 Å². The van der Waals surface area contributed by atoms with Gasteiger partial charge in [-0.25, -0.2) is 8.42 Å². The summed E-state index contributed by atoms with van der Waals surface area (Å²) in [4.78, 5) is 12.2. The Kier molecular flexibility index (Phi) is 6.75. The van der Waals surface area contributed by atoms with E-state index < -0.39 is 10.0 Å². The molecule has 2 heterocycles. The van der Waals surface area contributed by atoms with Gasteiger partial charge in [0.1, 0.15) is 0 Å². The van der Waals surface area contributed by atoms with Gasteiger partial charge in [0, 0.05) is 32.0 Å². The molecule has 0 aliphatic carbocycles. The number of hydrogen-bond donors (Lipinski definition) is 0. The average Bonchev–Trinajstić information content (AvgIpc) is 2.96. The molecule has 8 nitrogen and oxygen atoms in total. The standard InChI is InChI=1S/C19H24N2O6S/c20-8-1-2-11-27-19(22)15-6-9-21(10-7-15)28(23,24)16-4-5-17-18(14-16)26-13-3-12-25-17/h4-5,14-15H,1-3,6-7,9-13H2. The lowest BCUT2D eigenvalue weighted by Crippen LogP contribution is -2.40. The molecule has 0 amide bonds. The summed E-state index contributed by atoms with van der Waals surface area (Å²) in [7, 11) is -3.67. The van der Waals surface area contributed by atoms with Crippen LogP contribution in [0.5, 0.6) is 11.5 Å². The molecule has 0 unspecified atom stereocenters. The Morgan fingerprint density at radius 1 is 1.21 bits per heavy atom. The predicted octanol–water partition coefficient (Wildman–Crippen LogP) is 2.10. The summed E-state index contributed by atoms with van der Waals surface area (Å²) < 4.78 is 43.6. The molecule has 0 radical (unpaired) electrons. The van der Waals surface area contributed by atoms with Gasteiger partial charge in [-0.3, -0.25) is 4.79 Å². The molecule has 0 bridgehead atoms. The maximum Gasteiger partial charge on any atom is 0.309 e. The fourth-order valence-electron chi connectivity index (χ4n) is 3.23. The van der Waals surface area contributed by atoms with Crippen LogP contribution in [0.15, 0.2) is 23.1 Å². The lowest BCUT2D eigenvalue weighted by atomic mass is 9.98. The quantitative estimate of drug-likeness (QED) is 0.524. The molecule has 1 aromatic carbocycles. The highest BCUT2D eigenvalue weighted by molar-refractivity contribution is 7.89. The van der Waals surface area contributed by atoms with Crippen LogP contribution in [-0.4, -0.2) is 51.6 Å². The van der Waals surface area contributed by atoms with Crippen LogP contribution in [0.1, 0.15) is 32.1 Å². The van der Waals surface area contributed by atoms with Crippen molar-refractivity contribution in [1.82, 2.24) is 4.31 Å². The predicted molar refractivity (Wildman–Crippen MR) is 99.3 cm³/mol. The van der Waals surface area contributed by atoms with E-state index in [-0.39, 0.29) is 36.5 Å². The van der Waals surface area contributed by atoms with E-state index in [4.69, 9.17) is 19.5 Å². The van der Waals surface area contributed by atoms with Crippen molar-refractivity contribution >= 4 is 16.0 Å². The van der Waals surface area contributed by atoms with E-state index in [0.717, 1.165) is 6.42 Å². The highest BCUT2D eigenvalue weighted by atomic mass is 32.2. The van der Waals surface area contributed by atoms with Gasteiger partial charge in [0.05, 0.1) is 36.7 Å². The zero-order valence-corrected chi connectivity index (χ0v) is 16.4. The summed E-state index contributed by atoms with van der Waals surface area (Å²) in [6, 6.07) is 6.66. The minimum atomic E-state index is -3.67. The number of hydrogen-bond acceptors (Lipinski definition) is 7. The number of sulfonamides is 1. The van der Waals surface area contributed by atoms with Crippen LogP contribution in [-0.2, 0) is 19.6 Å². The Balaban J connectivity index is 1.60. The fourth-order valence-corrected chi connectivity index (χ4v) is 4.71. The Morgan fingerprint density at radius 2 is 1.93 bits per heavy atom. The Hall–Kier alpha value is -2.31. The molecule has 28 heavy (non-hydrogen) atoms. The van der Waals surface area contributed by atoms with Gasteiger partial charge in [0.15, 0.2) is 11.5 Å². The van der Waals surface area contributed by atoms with E-state index in [1.807, 2.05) is 6.07 Å². The number of piperidine rings is 1. The first kappa shape index (κ1) is 20.4. The third-order valence-corrected chi connectivity index (χ3v) is 6.72. The smallest absolute Gasteiger partial charge is 0.309 e. The lowest BCUT2D eigenvalue weighted by Gasteiger charge is -2.30. The first-order chi connectivity index (χ1) is 13.5. The molecule has 0 N–H and O–H groups in total. The van der Waals surface area contributed by atoms with Crippen molar-refractivity contribution in [3.8, 4) is 17.6 Å². The van der Waals surface area contributed by atoms with Crippen molar-refractivity contribution in [1.29, 1.82) is 5.26 Å². The van der Waals surface area contributed by atoms with Gasteiger partial charge in [0.25, 0.3) is 0 Å². The minimum absolute atomic E-state index is 0.161. The maximum atomic E-state index is 13.0.